The average molecular weight is 228 g/mol. The first-order chi connectivity index (χ1) is 7.54. The maximum atomic E-state index is 12.3. The molecule has 0 heterocycles. The fraction of sp³-hybridized carbons (Fsp3) is 0.273. The van der Waals surface area contributed by atoms with Gasteiger partial charge in [0.1, 0.15) is 0 Å². The van der Waals surface area contributed by atoms with Crippen LogP contribution in [0.4, 0.5) is 14.5 Å². The lowest BCUT2D eigenvalue weighted by molar-refractivity contribution is 0.151. The third-order valence-corrected chi connectivity index (χ3v) is 2.09. The summed E-state index contributed by atoms with van der Waals surface area (Å²) in [6, 6.07) is 5.68. The predicted molar refractivity (Wildman–Crippen MR) is 59.0 cm³/mol. The van der Waals surface area contributed by atoms with Crippen LogP contribution in [0, 0.1) is 0 Å². The van der Waals surface area contributed by atoms with Gasteiger partial charge >= 0.3 is 0 Å². The van der Waals surface area contributed by atoms with Gasteiger partial charge < -0.3 is 16.2 Å². The molecule has 0 bridgehead atoms. The van der Waals surface area contributed by atoms with E-state index >= 15 is 0 Å². The number of hydrogen-bond acceptors (Lipinski definition) is 3. The summed E-state index contributed by atoms with van der Waals surface area (Å²) in [7, 11) is 0. The Bertz CT molecular complexity index is 370. The number of aliphatic hydroxyl groups is 1. The second-order valence-electron chi connectivity index (χ2n) is 3.37. The average Bonchev–Trinajstić information content (AvgIpc) is 2.26. The standard InChI is InChI=1S/C11H14F2N2O/c1-7(14)10(6-16)15-9-4-2-8(3-5-9)11(12)13/h2-5,11,15-16H,6,14H2,1H3/b10-7-. The van der Waals surface area contributed by atoms with Crippen molar-refractivity contribution in [2.75, 3.05) is 11.9 Å². The zero-order valence-electron chi connectivity index (χ0n) is 8.87. The van der Waals surface area contributed by atoms with Gasteiger partial charge in [-0.3, -0.25) is 0 Å². The Morgan fingerprint density at radius 2 is 1.94 bits per heavy atom. The monoisotopic (exact) mass is 228 g/mol. The molecule has 1 aromatic carbocycles. The number of allylic oxidation sites excluding steroid dienone is 1. The van der Waals surface area contributed by atoms with E-state index < -0.39 is 6.43 Å². The van der Waals surface area contributed by atoms with Crippen molar-refractivity contribution in [3.8, 4) is 0 Å². The zero-order valence-corrected chi connectivity index (χ0v) is 8.87. The fourth-order valence-electron chi connectivity index (χ4n) is 1.15. The molecule has 0 amide bonds. The Morgan fingerprint density at radius 1 is 1.38 bits per heavy atom. The lowest BCUT2D eigenvalue weighted by Crippen LogP contribution is -2.10. The van der Waals surface area contributed by atoms with Crippen molar-refractivity contribution in [2.45, 2.75) is 13.3 Å². The van der Waals surface area contributed by atoms with Crippen LogP contribution < -0.4 is 11.1 Å². The van der Waals surface area contributed by atoms with Crippen molar-refractivity contribution in [3.63, 3.8) is 0 Å². The number of anilines is 1. The highest BCUT2D eigenvalue weighted by Gasteiger charge is 2.06. The van der Waals surface area contributed by atoms with E-state index in [0.717, 1.165) is 0 Å². The van der Waals surface area contributed by atoms with Gasteiger partial charge in [0.2, 0.25) is 0 Å². The quantitative estimate of drug-likeness (QED) is 0.740. The third-order valence-electron chi connectivity index (χ3n) is 2.09. The van der Waals surface area contributed by atoms with Gasteiger partial charge in [-0.2, -0.15) is 0 Å². The largest absolute Gasteiger partial charge is 0.401 e. The molecule has 0 atom stereocenters. The van der Waals surface area contributed by atoms with Crippen LogP contribution in [-0.4, -0.2) is 11.7 Å². The number of nitrogens with one attached hydrogen (secondary N) is 1. The summed E-state index contributed by atoms with van der Waals surface area (Å²) in [6.45, 7) is 1.42. The molecular weight excluding hydrogens is 214 g/mol. The topological polar surface area (TPSA) is 58.3 Å². The summed E-state index contributed by atoms with van der Waals surface area (Å²) in [5, 5.41) is 11.8. The third kappa shape index (κ3) is 3.20. The molecule has 0 aliphatic carbocycles. The van der Waals surface area contributed by atoms with Crippen LogP contribution in [-0.2, 0) is 0 Å². The molecule has 1 rings (SSSR count). The normalized spacial score (nSPS) is 12.6. The van der Waals surface area contributed by atoms with Crippen molar-refractivity contribution in [2.24, 2.45) is 5.73 Å². The lowest BCUT2D eigenvalue weighted by atomic mass is 10.2. The molecule has 1 aromatic rings. The Hall–Kier alpha value is -1.62. The summed E-state index contributed by atoms with van der Waals surface area (Å²) in [6.07, 6.45) is -2.47. The second kappa shape index (κ2) is 5.46. The smallest absolute Gasteiger partial charge is 0.263 e. The van der Waals surface area contributed by atoms with Crippen LogP contribution >= 0.6 is 0 Å². The van der Waals surface area contributed by atoms with Gasteiger partial charge in [0.25, 0.3) is 6.43 Å². The van der Waals surface area contributed by atoms with Crippen molar-refractivity contribution in [1.29, 1.82) is 0 Å². The first kappa shape index (κ1) is 12.4. The summed E-state index contributed by atoms with van der Waals surface area (Å²) < 4.78 is 24.5. The summed E-state index contributed by atoms with van der Waals surface area (Å²) in [4.78, 5) is 0. The number of nitrogens with two attached hydrogens (primary N) is 1. The van der Waals surface area contributed by atoms with E-state index in [1.165, 1.54) is 24.3 Å². The van der Waals surface area contributed by atoms with Crippen molar-refractivity contribution < 1.29 is 13.9 Å². The van der Waals surface area contributed by atoms with Gasteiger partial charge in [0.15, 0.2) is 0 Å². The molecule has 0 fully saturated rings. The molecule has 88 valence electrons. The van der Waals surface area contributed by atoms with E-state index in [-0.39, 0.29) is 12.2 Å². The van der Waals surface area contributed by atoms with Gasteiger partial charge in [0.05, 0.1) is 12.3 Å². The Balaban J connectivity index is 2.80. The minimum atomic E-state index is -2.47. The molecule has 3 nitrogen and oxygen atoms in total. The number of halogens is 2. The van der Waals surface area contributed by atoms with Crippen molar-refractivity contribution in [3.05, 3.63) is 41.2 Å². The predicted octanol–water partition coefficient (Wildman–Crippen LogP) is 2.22. The van der Waals surface area contributed by atoms with Crippen LogP contribution in [0.1, 0.15) is 18.9 Å². The second-order valence-corrected chi connectivity index (χ2v) is 3.37. The molecule has 0 radical (unpaired) electrons. The fourth-order valence-corrected chi connectivity index (χ4v) is 1.15. The van der Waals surface area contributed by atoms with Crippen LogP contribution in [0.3, 0.4) is 0 Å². The molecule has 16 heavy (non-hydrogen) atoms. The number of hydrogen-bond donors (Lipinski definition) is 3. The van der Waals surface area contributed by atoms with Crippen LogP contribution in [0.2, 0.25) is 0 Å². The van der Waals surface area contributed by atoms with E-state index in [2.05, 4.69) is 5.32 Å². The minimum absolute atomic E-state index is 0.0375. The van der Waals surface area contributed by atoms with E-state index in [4.69, 9.17) is 10.8 Å². The van der Waals surface area contributed by atoms with E-state index in [1.807, 2.05) is 0 Å². The van der Waals surface area contributed by atoms with E-state index in [0.29, 0.717) is 17.1 Å². The molecule has 5 heteroatoms. The minimum Gasteiger partial charge on any atom is -0.401 e. The van der Waals surface area contributed by atoms with Crippen LogP contribution in [0.5, 0.6) is 0 Å². The van der Waals surface area contributed by atoms with Gasteiger partial charge in [-0.1, -0.05) is 12.1 Å². The molecule has 0 aliphatic rings. The molecular formula is C11H14F2N2O. The Kier molecular flexibility index (Phi) is 4.25. The molecule has 0 spiro atoms. The van der Waals surface area contributed by atoms with Crippen molar-refractivity contribution >= 4 is 5.69 Å². The maximum Gasteiger partial charge on any atom is 0.263 e. The van der Waals surface area contributed by atoms with Gasteiger partial charge in [-0.05, 0) is 19.1 Å². The Morgan fingerprint density at radius 3 is 2.31 bits per heavy atom. The summed E-state index contributed by atoms with van der Waals surface area (Å²) in [5.74, 6) is 0. The molecule has 0 saturated heterocycles. The number of rotatable bonds is 4. The number of alkyl halides is 2. The molecule has 0 unspecified atom stereocenters. The molecule has 0 saturated carbocycles. The van der Waals surface area contributed by atoms with Gasteiger partial charge in [0, 0.05) is 16.9 Å². The first-order valence-electron chi connectivity index (χ1n) is 4.75. The van der Waals surface area contributed by atoms with Crippen LogP contribution in [0.25, 0.3) is 0 Å². The SMILES string of the molecule is C/C(N)=C(\CO)Nc1ccc(C(F)F)cc1. The summed E-state index contributed by atoms with van der Waals surface area (Å²) in [5.41, 5.74) is 7.00. The van der Waals surface area contributed by atoms with Crippen molar-refractivity contribution in [1.82, 2.24) is 0 Å². The first-order valence-corrected chi connectivity index (χ1v) is 4.75. The number of benzene rings is 1. The van der Waals surface area contributed by atoms with E-state index in [1.54, 1.807) is 6.92 Å². The maximum absolute atomic E-state index is 12.3. The highest BCUT2D eigenvalue weighted by Crippen LogP contribution is 2.21. The lowest BCUT2D eigenvalue weighted by Gasteiger charge is -2.10. The van der Waals surface area contributed by atoms with Crippen LogP contribution in [0.15, 0.2) is 35.7 Å². The zero-order chi connectivity index (χ0) is 12.1. The van der Waals surface area contributed by atoms with Gasteiger partial charge in [-0.25, -0.2) is 8.78 Å². The summed E-state index contributed by atoms with van der Waals surface area (Å²) >= 11 is 0. The molecule has 0 aliphatic heterocycles. The highest BCUT2D eigenvalue weighted by atomic mass is 19.3. The Labute approximate surface area is 92.6 Å². The highest BCUT2D eigenvalue weighted by molar-refractivity contribution is 5.50. The van der Waals surface area contributed by atoms with Gasteiger partial charge in [-0.15, -0.1) is 0 Å². The molecule has 0 aromatic heterocycles. The molecule has 4 N–H and O–H groups in total. The van der Waals surface area contributed by atoms with E-state index in [9.17, 15) is 8.78 Å². The number of aliphatic hydroxyl groups excluding tert-OH is 1.